The van der Waals surface area contributed by atoms with Crippen LogP contribution in [0.1, 0.15) is 17.3 Å². The number of hydrogen-bond donors (Lipinski definition) is 0. The molecule has 0 saturated heterocycles. The summed E-state index contributed by atoms with van der Waals surface area (Å²) < 4.78 is 39.9. The zero-order valence-electron chi connectivity index (χ0n) is 13.0. The molecule has 0 heterocycles. The minimum Gasteiger partial charge on any atom is -0.497 e. The summed E-state index contributed by atoms with van der Waals surface area (Å²) in [6.45, 7) is 1.92. The van der Waals surface area contributed by atoms with E-state index < -0.39 is 16.1 Å². The fourth-order valence-electron chi connectivity index (χ4n) is 1.85. The number of carbonyl (C=O) groups excluding carboxylic acids is 1. The first kappa shape index (κ1) is 18.3. The summed E-state index contributed by atoms with van der Waals surface area (Å²) >= 11 is 3.15. The third-order valence-corrected chi connectivity index (χ3v) is 5.20. The Balaban J connectivity index is 2.26. The van der Waals surface area contributed by atoms with Crippen LogP contribution in [0, 0.1) is 0 Å². The van der Waals surface area contributed by atoms with Crippen molar-refractivity contribution in [3.05, 3.63) is 52.5 Å². The Kier molecular flexibility index (Phi) is 5.84. The Morgan fingerprint density at radius 2 is 1.71 bits per heavy atom. The minimum atomic E-state index is -4.06. The number of esters is 1. The molecule has 0 amide bonds. The summed E-state index contributed by atoms with van der Waals surface area (Å²) in [6, 6.07) is 10.2. The molecule has 0 aliphatic rings. The third kappa shape index (κ3) is 4.27. The highest BCUT2D eigenvalue weighted by Crippen LogP contribution is 2.27. The lowest BCUT2D eigenvalue weighted by atomic mass is 10.2. The number of rotatable bonds is 6. The standard InChI is InChI=1S/C16H15BrO6S/c1-3-22-16(18)11-4-9-15(14(17)10-11)24(19,20)23-13-7-5-12(21-2)6-8-13/h4-10H,3H2,1-2H3. The highest BCUT2D eigenvalue weighted by Gasteiger charge is 2.21. The van der Waals surface area contributed by atoms with Crippen molar-refractivity contribution in [3.63, 3.8) is 0 Å². The second-order valence-corrected chi connectivity index (χ2v) is 6.95. The van der Waals surface area contributed by atoms with Crippen molar-refractivity contribution in [2.24, 2.45) is 0 Å². The maximum Gasteiger partial charge on any atom is 0.340 e. The van der Waals surface area contributed by atoms with Gasteiger partial charge < -0.3 is 13.7 Å². The fourth-order valence-corrected chi connectivity index (χ4v) is 3.81. The lowest BCUT2D eigenvalue weighted by Crippen LogP contribution is -2.12. The van der Waals surface area contributed by atoms with Crippen LogP contribution in [0.5, 0.6) is 11.5 Å². The van der Waals surface area contributed by atoms with Gasteiger partial charge >= 0.3 is 16.1 Å². The quantitative estimate of drug-likeness (QED) is 0.532. The second-order valence-electron chi connectivity index (χ2n) is 4.58. The van der Waals surface area contributed by atoms with Gasteiger partial charge in [-0.25, -0.2) is 4.79 Å². The summed E-state index contributed by atoms with van der Waals surface area (Å²) in [5.74, 6) is 0.204. The van der Waals surface area contributed by atoms with Crippen LogP contribution < -0.4 is 8.92 Å². The van der Waals surface area contributed by atoms with E-state index in [-0.39, 0.29) is 27.3 Å². The predicted molar refractivity (Wildman–Crippen MR) is 90.9 cm³/mol. The van der Waals surface area contributed by atoms with E-state index in [9.17, 15) is 13.2 Å². The van der Waals surface area contributed by atoms with Crippen molar-refractivity contribution in [1.29, 1.82) is 0 Å². The number of hydrogen-bond acceptors (Lipinski definition) is 6. The molecule has 0 radical (unpaired) electrons. The molecule has 6 nitrogen and oxygen atoms in total. The monoisotopic (exact) mass is 414 g/mol. The molecule has 0 N–H and O–H groups in total. The smallest absolute Gasteiger partial charge is 0.340 e. The van der Waals surface area contributed by atoms with Gasteiger partial charge in [-0.15, -0.1) is 0 Å². The van der Waals surface area contributed by atoms with Crippen molar-refractivity contribution in [3.8, 4) is 11.5 Å². The normalized spacial score (nSPS) is 11.0. The summed E-state index contributed by atoms with van der Waals surface area (Å²) in [6.07, 6.45) is 0. The third-order valence-electron chi connectivity index (χ3n) is 2.98. The number of ether oxygens (including phenoxy) is 2. The molecule has 2 aromatic carbocycles. The molecule has 2 aromatic rings. The molecule has 2 rings (SSSR count). The SMILES string of the molecule is CCOC(=O)c1ccc(S(=O)(=O)Oc2ccc(OC)cc2)c(Br)c1. The van der Waals surface area contributed by atoms with Gasteiger partial charge in [0, 0.05) is 4.47 Å². The first-order valence-corrected chi connectivity index (χ1v) is 9.12. The van der Waals surface area contributed by atoms with Crippen molar-refractivity contribution >= 4 is 32.0 Å². The van der Waals surface area contributed by atoms with Gasteiger partial charge in [0.25, 0.3) is 0 Å². The van der Waals surface area contributed by atoms with E-state index in [1.807, 2.05) is 0 Å². The number of methoxy groups -OCH3 is 1. The molecule has 128 valence electrons. The molecule has 0 aliphatic heterocycles. The van der Waals surface area contributed by atoms with Crippen molar-refractivity contribution in [2.45, 2.75) is 11.8 Å². The first-order valence-electron chi connectivity index (χ1n) is 6.92. The lowest BCUT2D eigenvalue weighted by Gasteiger charge is -2.10. The Labute approximate surface area is 148 Å². The van der Waals surface area contributed by atoms with E-state index in [1.54, 1.807) is 19.1 Å². The minimum absolute atomic E-state index is 0.0913. The van der Waals surface area contributed by atoms with Gasteiger partial charge in [-0.2, -0.15) is 8.42 Å². The van der Waals surface area contributed by atoms with E-state index in [4.69, 9.17) is 13.7 Å². The fraction of sp³-hybridized carbons (Fsp3) is 0.188. The summed E-state index contributed by atoms with van der Waals surface area (Å²) in [4.78, 5) is 11.6. The van der Waals surface area contributed by atoms with Gasteiger partial charge in [0.15, 0.2) is 0 Å². The van der Waals surface area contributed by atoms with Crippen molar-refractivity contribution in [1.82, 2.24) is 0 Å². The second kappa shape index (κ2) is 7.67. The Morgan fingerprint density at radius 3 is 2.25 bits per heavy atom. The van der Waals surface area contributed by atoms with Crippen molar-refractivity contribution < 1.29 is 26.9 Å². The number of carbonyl (C=O) groups is 1. The average molecular weight is 415 g/mol. The zero-order valence-corrected chi connectivity index (χ0v) is 15.4. The summed E-state index contributed by atoms with van der Waals surface area (Å²) in [5, 5.41) is 0. The topological polar surface area (TPSA) is 78.9 Å². The largest absolute Gasteiger partial charge is 0.497 e. The Bertz CT molecular complexity index is 830. The highest BCUT2D eigenvalue weighted by molar-refractivity contribution is 9.10. The summed E-state index contributed by atoms with van der Waals surface area (Å²) in [7, 11) is -2.55. The van der Waals surface area contributed by atoms with Gasteiger partial charge in [-0.1, -0.05) is 0 Å². The van der Waals surface area contributed by atoms with Crippen LogP contribution in [0.25, 0.3) is 0 Å². The van der Waals surface area contributed by atoms with Gasteiger partial charge in [-0.05, 0) is 65.3 Å². The average Bonchev–Trinajstić information content (AvgIpc) is 2.55. The molecule has 8 heteroatoms. The first-order chi connectivity index (χ1) is 11.4. The maximum absolute atomic E-state index is 12.4. The van der Waals surface area contributed by atoms with E-state index in [2.05, 4.69) is 15.9 Å². The molecule has 0 bridgehead atoms. The van der Waals surface area contributed by atoms with E-state index >= 15 is 0 Å². The molecule has 0 atom stereocenters. The number of halogens is 1. The molecule has 0 fully saturated rings. The zero-order chi connectivity index (χ0) is 17.7. The lowest BCUT2D eigenvalue weighted by molar-refractivity contribution is 0.0526. The maximum atomic E-state index is 12.4. The molecule has 0 unspecified atom stereocenters. The van der Waals surface area contributed by atoms with Crippen LogP contribution in [-0.4, -0.2) is 28.1 Å². The predicted octanol–water partition coefficient (Wildman–Crippen LogP) is 3.40. The molecule has 24 heavy (non-hydrogen) atoms. The molecule has 0 spiro atoms. The van der Waals surface area contributed by atoms with Crippen LogP contribution in [-0.2, 0) is 14.9 Å². The van der Waals surface area contributed by atoms with Crippen LogP contribution in [0.4, 0.5) is 0 Å². The molecule has 0 aromatic heterocycles. The van der Waals surface area contributed by atoms with Crippen LogP contribution in [0.3, 0.4) is 0 Å². The Hall–Kier alpha value is -2.06. The van der Waals surface area contributed by atoms with Crippen LogP contribution in [0.15, 0.2) is 51.8 Å². The molecule has 0 saturated carbocycles. The molecular formula is C16H15BrO6S. The van der Waals surface area contributed by atoms with E-state index in [0.29, 0.717) is 5.75 Å². The summed E-state index contributed by atoms with van der Waals surface area (Å²) in [5.41, 5.74) is 0.243. The van der Waals surface area contributed by atoms with Gasteiger partial charge in [0.2, 0.25) is 0 Å². The molecule has 0 aliphatic carbocycles. The van der Waals surface area contributed by atoms with E-state index in [1.165, 1.54) is 37.4 Å². The highest BCUT2D eigenvalue weighted by atomic mass is 79.9. The van der Waals surface area contributed by atoms with Crippen molar-refractivity contribution in [2.75, 3.05) is 13.7 Å². The van der Waals surface area contributed by atoms with E-state index in [0.717, 1.165) is 0 Å². The van der Waals surface area contributed by atoms with Crippen LogP contribution in [0.2, 0.25) is 0 Å². The van der Waals surface area contributed by atoms with Gasteiger partial charge in [0.1, 0.15) is 16.4 Å². The number of benzene rings is 2. The molecular weight excluding hydrogens is 400 g/mol. The van der Waals surface area contributed by atoms with Gasteiger partial charge in [0.05, 0.1) is 19.3 Å². The van der Waals surface area contributed by atoms with Crippen LogP contribution >= 0.6 is 15.9 Å². The Morgan fingerprint density at radius 1 is 1.08 bits per heavy atom. The van der Waals surface area contributed by atoms with Gasteiger partial charge in [-0.3, -0.25) is 0 Å².